The molecule has 0 bridgehead atoms. The van der Waals surface area contributed by atoms with Crippen molar-refractivity contribution < 1.29 is 9.53 Å². The van der Waals surface area contributed by atoms with Crippen molar-refractivity contribution in [2.24, 2.45) is 11.8 Å². The summed E-state index contributed by atoms with van der Waals surface area (Å²) in [5.41, 5.74) is 0.765. The van der Waals surface area contributed by atoms with E-state index < -0.39 is 5.97 Å². The van der Waals surface area contributed by atoms with Crippen molar-refractivity contribution in [3.05, 3.63) is 23.4 Å². The number of ether oxygens (including phenoxy) is 1. The summed E-state index contributed by atoms with van der Waals surface area (Å²) in [4.78, 5) is 17.8. The highest BCUT2D eigenvalue weighted by molar-refractivity contribution is 5.89. The molecule has 0 N–H and O–H groups in total. The van der Waals surface area contributed by atoms with Gasteiger partial charge in [0.05, 0.1) is 18.2 Å². The van der Waals surface area contributed by atoms with Crippen LogP contribution in [0, 0.1) is 23.2 Å². The van der Waals surface area contributed by atoms with Gasteiger partial charge < -0.3 is 9.64 Å². The number of fused-ring (bicyclic) bond motifs is 1. The Morgan fingerprint density at radius 2 is 2.28 bits per heavy atom. The second-order valence-corrected chi connectivity index (χ2v) is 4.86. The summed E-state index contributed by atoms with van der Waals surface area (Å²) in [6, 6.07) is 3.66. The lowest BCUT2D eigenvalue weighted by Crippen LogP contribution is -2.24. The van der Waals surface area contributed by atoms with Crippen molar-refractivity contribution in [1.82, 2.24) is 4.98 Å². The van der Waals surface area contributed by atoms with Gasteiger partial charge in [-0.3, -0.25) is 0 Å². The predicted molar refractivity (Wildman–Crippen MR) is 64.1 cm³/mol. The Balaban J connectivity index is 1.90. The fourth-order valence-electron chi connectivity index (χ4n) is 2.59. The molecule has 0 radical (unpaired) electrons. The number of anilines is 1. The molecule has 3 rings (SSSR count). The number of carbonyl (C=O) groups is 1. The molecule has 5 heteroatoms. The second kappa shape index (κ2) is 3.98. The molecule has 2 heterocycles. The van der Waals surface area contributed by atoms with Crippen molar-refractivity contribution >= 4 is 11.8 Å². The number of hydrogen-bond acceptors (Lipinski definition) is 5. The van der Waals surface area contributed by atoms with E-state index in [2.05, 4.69) is 20.7 Å². The first-order chi connectivity index (χ1) is 8.72. The zero-order valence-electron chi connectivity index (χ0n) is 10.1. The van der Waals surface area contributed by atoms with Crippen LogP contribution in [0.1, 0.15) is 22.3 Å². The number of pyridine rings is 1. The molecular weight excluding hydrogens is 230 g/mol. The lowest BCUT2D eigenvalue weighted by Gasteiger charge is -2.20. The highest BCUT2D eigenvalue weighted by Crippen LogP contribution is 2.46. The van der Waals surface area contributed by atoms with Gasteiger partial charge in [0.1, 0.15) is 11.9 Å². The number of nitriles is 1. The number of rotatable bonds is 2. The van der Waals surface area contributed by atoms with Crippen LogP contribution in [0.2, 0.25) is 0 Å². The molecular formula is C13H13N3O2. The molecule has 5 nitrogen and oxygen atoms in total. The van der Waals surface area contributed by atoms with E-state index in [-0.39, 0.29) is 0 Å². The number of methoxy groups -OCH3 is 1. The Hall–Kier alpha value is -2.09. The van der Waals surface area contributed by atoms with Gasteiger partial charge in [-0.15, -0.1) is 0 Å². The van der Waals surface area contributed by atoms with E-state index in [4.69, 9.17) is 5.26 Å². The van der Waals surface area contributed by atoms with Gasteiger partial charge in [0.25, 0.3) is 0 Å². The minimum atomic E-state index is -0.463. The van der Waals surface area contributed by atoms with Gasteiger partial charge in [-0.2, -0.15) is 5.26 Å². The van der Waals surface area contributed by atoms with E-state index in [1.807, 2.05) is 0 Å². The summed E-state index contributed by atoms with van der Waals surface area (Å²) in [5.74, 6) is 1.78. The molecule has 2 fully saturated rings. The molecule has 1 aliphatic heterocycles. The van der Waals surface area contributed by atoms with E-state index in [0.29, 0.717) is 16.9 Å². The van der Waals surface area contributed by atoms with Crippen molar-refractivity contribution in [2.45, 2.75) is 6.42 Å². The summed E-state index contributed by atoms with van der Waals surface area (Å²) < 4.78 is 4.62. The first-order valence-electron chi connectivity index (χ1n) is 5.96. The van der Waals surface area contributed by atoms with E-state index in [1.54, 1.807) is 6.07 Å². The molecule has 2 aliphatic rings. The van der Waals surface area contributed by atoms with Crippen LogP contribution in [-0.2, 0) is 4.74 Å². The van der Waals surface area contributed by atoms with Gasteiger partial charge in [-0.25, -0.2) is 9.78 Å². The average Bonchev–Trinajstić information content (AvgIpc) is 3.03. The Kier molecular flexibility index (Phi) is 2.44. The van der Waals surface area contributed by atoms with Gasteiger partial charge in [-0.05, 0) is 24.3 Å². The number of hydrogen-bond donors (Lipinski definition) is 0. The van der Waals surface area contributed by atoms with E-state index in [0.717, 1.165) is 24.9 Å². The molecule has 92 valence electrons. The topological polar surface area (TPSA) is 66.2 Å². The van der Waals surface area contributed by atoms with Crippen LogP contribution in [0.15, 0.2) is 12.3 Å². The lowest BCUT2D eigenvalue weighted by molar-refractivity contribution is 0.0600. The van der Waals surface area contributed by atoms with Crippen LogP contribution in [0.25, 0.3) is 0 Å². The Morgan fingerprint density at radius 3 is 2.89 bits per heavy atom. The SMILES string of the molecule is COC(=O)c1cnc(N2CC3CC3C2)c(C#N)c1. The van der Waals surface area contributed by atoms with Crippen molar-refractivity contribution in [3.8, 4) is 6.07 Å². The zero-order chi connectivity index (χ0) is 12.7. The van der Waals surface area contributed by atoms with Crippen molar-refractivity contribution in [1.29, 1.82) is 5.26 Å². The molecule has 0 spiro atoms. The van der Waals surface area contributed by atoms with Crippen LogP contribution in [0.5, 0.6) is 0 Å². The van der Waals surface area contributed by atoms with Crippen LogP contribution >= 0.6 is 0 Å². The zero-order valence-corrected chi connectivity index (χ0v) is 10.1. The minimum Gasteiger partial charge on any atom is -0.465 e. The van der Waals surface area contributed by atoms with Gasteiger partial charge in [-0.1, -0.05) is 0 Å². The highest BCUT2D eigenvalue weighted by Gasteiger charge is 2.45. The largest absolute Gasteiger partial charge is 0.465 e. The quantitative estimate of drug-likeness (QED) is 0.730. The molecule has 1 aliphatic carbocycles. The summed E-state index contributed by atoms with van der Waals surface area (Å²) >= 11 is 0. The monoisotopic (exact) mass is 243 g/mol. The van der Waals surface area contributed by atoms with E-state index in [1.165, 1.54) is 19.7 Å². The standard InChI is InChI=1S/C13H13N3O2/c1-18-13(17)9-2-8(4-14)12(15-5-9)16-6-10-3-11(10)7-16/h2,5,10-11H,3,6-7H2,1H3. The molecule has 18 heavy (non-hydrogen) atoms. The molecule has 2 atom stereocenters. The molecule has 1 aromatic heterocycles. The Morgan fingerprint density at radius 1 is 1.56 bits per heavy atom. The van der Waals surface area contributed by atoms with Gasteiger partial charge in [0.15, 0.2) is 0 Å². The maximum Gasteiger partial charge on any atom is 0.339 e. The minimum absolute atomic E-state index is 0.321. The van der Waals surface area contributed by atoms with Gasteiger partial charge in [0, 0.05) is 19.3 Å². The third-order valence-corrected chi connectivity index (χ3v) is 3.69. The molecule has 1 aromatic rings. The number of piperidine rings is 1. The first-order valence-corrected chi connectivity index (χ1v) is 5.96. The summed E-state index contributed by atoms with van der Waals surface area (Å²) in [5, 5.41) is 9.17. The molecule has 2 unspecified atom stereocenters. The third kappa shape index (κ3) is 1.70. The molecule has 0 aromatic carbocycles. The summed E-state index contributed by atoms with van der Waals surface area (Å²) in [7, 11) is 1.32. The molecule has 1 saturated carbocycles. The molecule has 0 amide bonds. The fraction of sp³-hybridized carbons (Fsp3) is 0.462. The van der Waals surface area contributed by atoms with Gasteiger partial charge in [0.2, 0.25) is 0 Å². The number of esters is 1. The maximum absolute atomic E-state index is 11.4. The average molecular weight is 243 g/mol. The fourth-order valence-corrected chi connectivity index (χ4v) is 2.59. The maximum atomic E-state index is 11.4. The summed E-state index contributed by atoms with van der Waals surface area (Å²) in [6.45, 7) is 1.95. The number of aromatic nitrogens is 1. The van der Waals surface area contributed by atoms with E-state index in [9.17, 15) is 4.79 Å². The normalized spacial score (nSPS) is 24.3. The predicted octanol–water partition coefficient (Wildman–Crippen LogP) is 1.20. The van der Waals surface area contributed by atoms with Crippen LogP contribution in [-0.4, -0.2) is 31.2 Å². The lowest BCUT2D eigenvalue weighted by atomic mass is 10.2. The molecule has 1 saturated heterocycles. The van der Waals surface area contributed by atoms with Crippen molar-refractivity contribution in [2.75, 3.05) is 25.1 Å². The van der Waals surface area contributed by atoms with Crippen LogP contribution in [0.3, 0.4) is 0 Å². The third-order valence-electron chi connectivity index (χ3n) is 3.69. The number of carbonyl (C=O) groups excluding carboxylic acids is 1. The van der Waals surface area contributed by atoms with Crippen molar-refractivity contribution in [3.63, 3.8) is 0 Å². The number of nitrogens with zero attached hydrogens (tertiary/aromatic N) is 3. The Bertz CT molecular complexity index is 540. The van der Waals surface area contributed by atoms with E-state index >= 15 is 0 Å². The highest BCUT2D eigenvalue weighted by atomic mass is 16.5. The van der Waals surface area contributed by atoms with Gasteiger partial charge >= 0.3 is 5.97 Å². The Labute approximate surface area is 105 Å². The first kappa shape index (κ1) is 11.0. The second-order valence-electron chi connectivity index (χ2n) is 4.86. The van der Waals surface area contributed by atoms with Crippen LogP contribution < -0.4 is 4.90 Å². The summed E-state index contributed by atoms with van der Waals surface area (Å²) in [6.07, 6.45) is 2.78. The van der Waals surface area contributed by atoms with Crippen LogP contribution in [0.4, 0.5) is 5.82 Å². The smallest absolute Gasteiger partial charge is 0.339 e.